The van der Waals surface area contributed by atoms with E-state index in [1.54, 1.807) is 6.07 Å². The Labute approximate surface area is 105 Å². The molecule has 2 aromatic rings. The summed E-state index contributed by atoms with van der Waals surface area (Å²) in [7, 11) is 0. The van der Waals surface area contributed by atoms with E-state index in [0.29, 0.717) is 17.5 Å². The average Bonchev–Trinajstić information content (AvgIpc) is 2.85. The van der Waals surface area contributed by atoms with Crippen LogP contribution < -0.4 is 4.74 Å². The van der Waals surface area contributed by atoms with Gasteiger partial charge in [0, 0.05) is 6.42 Å². The largest absolute Gasteiger partial charge is 0.485 e. The third-order valence-electron chi connectivity index (χ3n) is 2.42. The SMILES string of the molecule is CCCc1nc(COc2cccc(CO)c2)no1. The smallest absolute Gasteiger partial charge is 0.226 e. The molecule has 0 aliphatic heterocycles. The molecule has 18 heavy (non-hydrogen) atoms. The fourth-order valence-electron chi connectivity index (χ4n) is 1.55. The molecule has 0 aliphatic rings. The monoisotopic (exact) mass is 248 g/mol. The number of aliphatic hydroxyl groups excluding tert-OH is 1. The predicted octanol–water partition coefficient (Wildman–Crippen LogP) is 2.09. The van der Waals surface area contributed by atoms with E-state index in [2.05, 4.69) is 17.1 Å². The zero-order valence-corrected chi connectivity index (χ0v) is 10.3. The zero-order valence-electron chi connectivity index (χ0n) is 10.3. The Morgan fingerprint density at radius 2 is 2.28 bits per heavy atom. The molecule has 1 N–H and O–H groups in total. The molecule has 0 bridgehead atoms. The van der Waals surface area contributed by atoms with Crippen LogP contribution in [0.4, 0.5) is 0 Å². The normalized spacial score (nSPS) is 10.6. The highest BCUT2D eigenvalue weighted by molar-refractivity contribution is 5.27. The summed E-state index contributed by atoms with van der Waals surface area (Å²) in [5, 5.41) is 12.8. The van der Waals surface area contributed by atoms with Gasteiger partial charge >= 0.3 is 0 Å². The highest BCUT2D eigenvalue weighted by atomic mass is 16.5. The number of hydrogen-bond acceptors (Lipinski definition) is 5. The third kappa shape index (κ3) is 3.30. The Morgan fingerprint density at radius 3 is 3.06 bits per heavy atom. The minimum atomic E-state index is 0.0000580. The van der Waals surface area contributed by atoms with Gasteiger partial charge < -0.3 is 14.4 Å². The van der Waals surface area contributed by atoms with Gasteiger partial charge in [0.15, 0.2) is 6.61 Å². The van der Waals surface area contributed by atoms with Crippen molar-refractivity contribution in [3.8, 4) is 5.75 Å². The van der Waals surface area contributed by atoms with Gasteiger partial charge in [-0.05, 0) is 24.1 Å². The Bertz CT molecular complexity index is 496. The van der Waals surface area contributed by atoms with E-state index in [1.165, 1.54) is 0 Å². The van der Waals surface area contributed by atoms with Gasteiger partial charge in [-0.2, -0.15) is 4.98 Å². The number of aryl methyl sites for hydroxylation is 1. The van der Waals surface area contributed by atoms with Crippen LogP contribution in [0.1, 0.15) is 30.6 Å². The summed E-state index contributed by atoms with van der Waals surface area (Å²) >= 11 is 0. The van der Waals surface area contributed by atoms with Crippen molar-refractivity contribution in [2.45, 2.75) is 33.0 Å². The molecule has 0 atom stereocenters. The van der Waals surface area contributed by atoms with E-state index in [0.717, 1.165) is 18.4 Å². The van der Waals surface area contributed by atoms with Gasteiger partial charge in [0.2, 0.25) is 11.7 Å². The fraction of sp³-hybridized carbons (Fsp3) is 0.385. The molecule has 5 nitrogen and oxygen atoms in total. The Kier molecular flexibility index (Phi) is 4.30. The molecule has 0 spiro atoms. The standard InChI is InChI=1S/C13H16N2O3/c1-2-4-13-14-12(15-18-13)9-17-11-6-3-5-10(7-11)8-16/h3,5-7,16H,2,4,8-9H2,1H3. The maximum absolute atomic E-state index is 9.01. The van der Waals surface area contributed by atoms with Crippen LogP contribution in [0.5, 0.6) is 5.75 Å². The minimum Gasteiger partial charge on any atom is -0.485 e. The van der Waals surface area contributed by atoms with Crippen molar-refractivity contribution in [3.05, 3.63) is 41.5 Å². The van der Waals surface area contributed by atoms with Crippen molar-refractivity contribution in [2.75, 3.05) is 0 Å². The number of rotatable bonds is 6. The lowest BCUT2D eigenvalue weighted by atomic mass is 10.2. The number of hydrogen-bond donors (Lipinski definition) is 1. The van der Waals surface area contributed by atoms with E-state index in [-0.39, 0.29) is 13.2 Å². The number of nitrogens with zero attached hydrogens (tertiary/aromatic N) is 2. The minimum absolute atomic E-state index is 0.0000580. The van der Waals surface area contributed by atoms with Crippen molar-refractivity contribution in [1.29, 1.82) is 0 Å². The first-order valence-electron chi connectivity index (χ1n) is 5.96. The Hall–Kier alpha value is -1.88. The molecule has 0 saturated heterocycles. The van der Waals surface area contributed by atoms with Crippen LogP contribution in [0.3, 0.4) is 0 Å². The molecule has 0 radical (unpaired) electrons. The van der Waals surface area contributed by atoms with Gasteiger partial charge in [0.05, 0.1) is 6.61 Å². The van der Waals surface area contributed by atoms with Crippen LogP contribution in [0.2, 0.25) is 0 Å². The van der Waals surface area contributed by atoms with Crippen LogP contribution in [-0.4, -0.2) is 15.2 Å². The van der Waals surface area contributed by atoms with Gasteiger partial charge in [-0.25, -0.2) is 0 Å². The summed E-state index contributed by atoms with van der Waals surface area (Å²) in [4.78, 5) is 4.21. The maximum Gasteiger partial charge on any atom is 0.226 e. The molecule has 0 saturated carbocycles. The van der Waals surface area contributed by atoms with E-state index in [9.17, 15) is 0 Å². The van der Waals surface area contributed by atoms with E-state index in [4.69, 9.17) is 14.4 Å². The third-order valence-corrected chi connectivity index (χ3v) is 2.42. The number of benzene rings is 1. The second-order valence-corrected chi connectivity index (χ2v) is 3.95. The molecule has 0 amide bonds. The number of aliphatic hydroxyl groups is 1. The maximum atomic E-state index is 9.01. The van der Waals surface area contributed by atoms with Gasteiger partial charge in [-0.3, -0.25) is 0 Å². The summed E-state index contributed by atoms with van der Waals surface area (Å²) in [5.74, 6) is 1.86. The first kappa shape index (κ1) is 12.6. The second kappa shape index (κ2) is 6.16. The summed E-state index contributed by atoms with van der Waals surface area (Å²) in [5.41, 5.74) is 0.812. The zero-order chi connectivity index (χ0) is 12.8. The van der Waals surface area contributed by atoms with E-state index >= 15 is 0 Å². The van der Waals surface area contributed by atoms with Crippen LogP contribution in [-0.2, 0) is 19.6 Å². The topological polar surface area (TPSA) is 68.4 Å². The van der Waals surface area contributed by atoms with E-state index < -0.39 is 0 Å². The highest BCUT2D eigenvalue weighted by Crippen LogP contribution is 2.14. The van der Waals surface area contributed by atoms with Crippen LogP contribution in [0, 0.1) is 0 Å². The lowest BCUT2D eigenvalue weighted by Gasteiger charge is -2.04. The summed E-state index contributed by atoms with van der Waals surface area (Å²) in [6.45, 7) is 2.32. The van der Waals surface area contributed by atoms with Crippen molar-refractivity contribution in [2.24, 2.45) is 0 Å². The van der Waals surface area contributed by atoms with Gasteiger partial charge in [-0.15, -0.1) is 0 Å². The first-order chi connectivity index (χ1) is 8.81. The summed E-state index contributed by atoms with van der Waals surface area (Å²) < 4.78 is 10.6. The number of ether oxygens (including phenoxy) is 1. The Morgan fingerprint density at radius 1 is 1.39 bits per heavy atom. The molecule has 5 heteroatoms. The van der Waals surface area contributed by atoms with Gasteiger partial charge in [-0.1, -0.05) is 24.2 Å². The van der Waals surface area contributed by atoms with Crippen molar-refractivity contribution in [1.82, 2.24) is 10.1 Å². The highest BCUT2D eigenvalue weighted by Gasteiger charge is 2.06. The fourth-order valence-corrected chi connectivity index (χ4v) is 1.55. The van der Waals surface area contributed by atoms with Crippen LogP contribution in [0.25, 0.3) is 0 Å². The molecule has 1 heterocycles. The molecule has 0 aliphatic carbocycles. The second-order valence-electron chi connectivity index (χ2n) is 3.95. The Balaban J connectivity index is 1.93. The molecule has 96 valence electrons. The molecule has 2 rings (SSSR count). The molecule has 0 fully saturated rings. The van der Waals surface area contributed by atoms with Gasteiger partial charge in [0.25, 0.3) is 0 Å². The first-order valence-corrected chi connectivity index (χ1v) is 5.96. The average molecular weight is 248 g/mol. The molecular formula is C13H16N2O3. The van der Waals surface area contributed by atoms with Crippen LogP contribution in [0.15, 0.2) is 28.8 Å². The van der Waals surface area contributed by atoms with Gasteiger partial charge in [0.1, 0.15) is 5.75 Å². The van der Waals surface area contributed by atoms with Crippen molar-refractivity contribution >= 4 is 0 Å². The van der Waals surface area contributed by atoms with Crippen molar-refractivity contribution in [3.63, 3.8) is 0 Å². The summed E-state index contributed by atoms with van der Waals surface area (Å²) in [6, 6.07) is 7.28. The molecular weight excluding hydrogens is 232 g/mol. The lowest BCUT2D eigenvalue weighted by Crippen LogP contribution is -1.98. The molecule has 1 aromatic carbocycles. The molecule has 0 unspecified atom stereocenters. The predicted molar refractivity (Wildman–Crippen MR) is 65.0 cm³/mol. The summed E-state index contributed by atoms with van der Waals surface area (Å²) in [6.07, 6.45) is 1.76. The van der Waals surface area contributed by atoms with E-state index in [1.807, 2.05) is 18.2 Å². The molecule has 1 aromatic heterocycles. The number of aromatic nitrogens is 2. The van der Waals surface area contributed by atoms with Crippen LogP contribution >= 0.6 is 0 Å². The van der Waals surface area contributed by atoms with Crippen molar-refractivity contribution < 1.29 is 14.4 Å². The quantitative estimate of drug-likeness (QED) is 0.847. The lowest BCUT2D eigenvalue weighted by molar-refractivity contribution is 0.273.